The molecule has 1 saturated heterocycles. The number of carbonyl (C=O) groups is 1. The normalized spacial score (nSPS) is 26.7. The molecule has 1 N–H and O–H groups in total. The largest absolute Gasteiger partial charge is 0.396 e. The molecule has 1 fully saturated rings. The lowest BCUT2D eigenvalue weighted by Crippen LogP contribution is -2.46. The third kappa shape index (κ3) is 3.47. The minimum absolute atomic E-state index is 0.110. The van der Waals surface area contributed by atoms with E-state index in [-0.39, 0.29) is 17.9 Å². The van der Waals surface area contributed by atoms with Crippen LogP contribution in [0.2, 0.25) is 0 Å². The van der Waals surface area contributed by atoms with Crippen molar-refractivity contribution in [3.63, 3.8) is 0 Å². The summed E-state index contributed by atoms with van der Waals surface area (Å²) < 4.78 is 4.88. The number of likely N-dealkylation sites (tertiary alicyclic amines) is 1. The highest BCUT2D eigenvalue weighted by Crippen LogP contribution is 2.28. The Morgan fingerprint density at radius 1 is 1.60 bits per heavy atom. The van der Waals surface area contributed by atoms with Crippen molar-refractivity contribution in [3.05, 3.63) is 0 Å². The lowest BCUT2D eigenvalue weighted by Gasteiger charge is -2.39. The SMILES string of the molecule is COCCC(=O)N1CCCC(C)(CO)C1. The molecule has 88 valence electrons. The Balaban J connectivity index is 2.45. The molecule has 1 rings (SSSR count). The average molecular weight is 215 g/mol. The van der Waals surface area contributed by atoms with Gasteiger partial charge in [0.1, 0.15) is 0 Å². The predicted molar refractivity (Wildman–Crippen MR) is 57.5 cm³/mol. The first-order chi connectivity index (χ1) is 7.11. The Kier molecular flexibility index (Phi) is 4.54. The second-order valence-electron chi connectivity index (χ2n) is 4.63. The second kappa shape index (κ2) is 5.47. The number of piperidine rings is 1. The Labute approximate surface area is 91.2 Å². The molecule has 1 aliphatic heterocycles. The van der Waals surface area contributed by atoms with E-state index in [1.807, 2.05) is 11.8 Å². The van der Waals surface area contributed by atoms with Crippen LogP contribution in [0.3, 0.4) is 0 Å². The van der Waals surface area contributed by atoms with Crippen LogP contribution in [0.5, 0.6) is 0 Å². The molecule has 15 heavy (non-hydrogen) atoms. The molecule has 0 aromatic rings. The summed E-state index contributed by atoms with van der Waals surface area (Å²) in [6.45, 7) is 4.15. The number of nitrogens with zero attached hydrogens (tertiary/aromatic N) is 1. The molecule has 0 spiro atoms. The number of hydrogen-bond donors (Lipinski definition) is 1. The highest BCUT2D eigenvalue weighted by Gasteiger charge is 2.32. The molecule has 1 atom stereocenters. The fraction of sp³-hybridized carbons (Fsp3) is 0.909. The summed E-state index contributed by atoms with van der Waals surface area (Å²) in [6, 6.07) is 0. The zero-order valence-corrected chi connectivity index (χ0v) is 9.66. The smallest absolute Gasteiger partial charge is 0.224 e. The Bertz CT molecular complexity index is 220. The minimum Gasteiger partial charge on any atom is -0.396 e. The van der Waals surface area contributed by atoms with Crippen LogP contribution in [0.25, 0.3) is 0 Å². The first-order valence-electron chi connectivity index (χ1n) is 5.49. The van der Waals surface area contributed by atoms with Crippen molar-refractivity contribution in [2.45, 2.75) is 26.2 Å². The van der Waals surface area contributed by atoms with Gasteiger partial charge >= 0.3 is 0 Å². The van der Waals surface area contributed by atoms with E-state index in [0.29, 0.717) is 19.6 Å². The zero-order chi connectivity index (χ0) is 11.3. The maximum absolute atomic E-state index is 11.7. The lowest BCUT2D eigenvalue weighted by molar-refractivity contribution is -0.136. The third-order valence-electron chi connectivity index (χ3n) is 3.04. The summed E-state index contributed by atoms with van der Waals surface area (Å²) in [4.78, 5) is 13.6. The van der Waals surface area contributed by atoms with E-state index < -0.39 is 0 Å². The highest BCUT2D eigenvalue weighted by atomic mass is 16.5. The molecule has 0 aromatic carbocycles. The highest BCUT2D eigenvalue weighted by molar-refractivity contribution is 5.76. The van der Waals surface area contributed by atoms with Gasteiger partial charge in [-0.25, -0.2) is 0 Å². The minimum atomic E-state index is -0.110. The molecule has 0 radical (unpaired) electrons. The van der Waals surface area contributed by atoms with Crippen molar-refractivity contribution in [2.75, 3.05) is 33.4 Å². The van der Waals surface area contributed by atoms with Gasteiger partial charge in [-0.3, -0.25) is 4.79 Å². The summed E-state index contributed by atoms with van der Waals surface area (Å²) in [5.74, 6) is 0.135. The maximum atomic E-state index is 11.7. The van der Waals surface area contributed by atoms with Crippen molar-refractivity contribution in [1.29, 1.82) is 0 Å². The van der Waals surface area contributed by atoms with E-state index in [1.54, 1.807) is 7.11 Å². The number of rotatable bonds is 4. The number of methoxy groups -OCH3 is 1. The monoisotopic (exact) mass is 215 g/mol. The van der Waals surface area contributed by atoms with Crippen LogP contribution in [0, 0.1) is 5.41 Å². The topological polar surface area (TPSA) is 49.8 Å². The summed E-state index contributed by atoms with van der Waals surface area (Å²) >= 11 is 0. The van der Waals surface area contributed by atoms with E-state index in [1.165, 1.54) is 0 Å². The summed E-state index contributed by atoms with van der Waals surface area (Å²) in [5, 5.41) is 9.26. The number of carbonyl (C=O) groups excluding carboxylic acids is 1. The summed E-state index contributed by atoms with van der Waals surface area (Å²) in [5.41, 5.74) is -0.110. The molecule has 1 unspecified atom stereocenters. The van der Waals surface area contributed by atoms with Crippen molar-refractivity contribution >= 4 is 5.91 Å². The molecule has 1 heterocycles. The van der Waals surface area contributed by atoms with Gasteiger partial charge in [0.15, 0.2) is 0 Å². The van der Waals surface area contributed by atoms with Crippen LogP contribution >= 0.6 is 0 Å². The van der Waals surface area contributed by atoms with Crippen LogP contribution in [-0.2, 0) is 9.53 Å². The van der Waals surface area contributed by atoms with Crippen molar-refractivity contribution in [2.24, 2.45) is 5.41 Å². The fourth-order valence-corrected chi connectivity index (χ4v) is 2.01. The van der Waals surface area contributed by atoms with Crippen LogP contribution in [-0.4, -0.2) is 49.3 Å². The van der Waals surface area contributed by atoms with Crippen LogP contribution in [0.4, 0.5) is 0 Å². The molecule has 1 amide bonds. The number of aliphatic hydroxyl groups excluding tert-OH is 1. The standard InChI is InChI=1S/C11H21NO3/c1-11(9-13)5-3-6-12(8-11)10(14)4-7-15-2/h13H,3-9H2,1-2H3. The van der Waals surface area contributed by atoms with Crippen LogP contribution in [0.1, 0.15) is 26.2 Å². The molecule has 0 bridgehead atoms. The molecule has 4 nitrogen and oxygen atoms in total. The number of ether oxygens (including phenoxy) is 1. The fourth-order valence-electron chi connectivity index (χ4n) is 2.01. The number of aliphatic hydroxyl groups is 1. The number of amides is 1. The summed E-state index contributed by atoms with van der Waals surface area (Å²) in [7, 11) is 1.60. The van der Waals surface area contributed by atoms with E-state index >= 15 is 0 Å². The molecular formula is C11H21NO3. The predicted octanol–water partition coefficient (Wildman–Crippen LogP) is 0.644. The maximum Gasteiger partial charge on any atom is 0.224 e. The van der Waals surface area contributed by atoms with Gasteiger partial charge in [0.05, 0.1) is 19.6 Å². The molecule has 0 saturated carbocycles. The summed E-state index contributed by atoms with van der Waals surface area (Å²) in [6.07, 6.45) is 2.42. The molecule has 1 aliphatic rings. The van der Waals surface area contributed by atoms with E-state index in [4.69, 9.17) is 4.74 Å². The van der Waals surface area contributed by atoms with Gasteiger partial charge in [-0.15, -0.1) is 0 Å². The Hall–Kier alpha value is -0.610. The molecule has 4 heteroatoms. The van der Waals surface area contributed by atoms with E-state index in [9.17, 15) is 9.90 Å². The van der Waals surface area contributed by atoms with Crippen molar-refractivity contribution < 1.29 is 14.6 Å². The van der Waals surface area contributed by atoms with E-state index in [2.05, 4.69) is 0 Å². The van der Waals surface area contributed by atoms with Gasteiger partial charge in [-0.1, -0.05) is 6.92 Å². The van der Waals surface area contributed by atoms with Gasteiger partial charge in [0.25, 0.3) is 0 Å². The quantitative estimate of drug-likeness (QED) is 0.749. The van der Waals surface area contributed by atoms with Crippen LogP contribution in [0.15, 0.2) is 0 Å². The molecule has 0 aromatic heterocycles. The van der Waals surface area contributed by atoms with Gasteiger partial charge in [-0.2, -0.15) is 0 Å². The van der Waals surface area contributed by atoms with Gasteiger partial charge in [0, 0.05) is 25.6 Å². The molecule has 0 aliphatic carbocycles. The van der Waals surface area contributed by atoms with Crippen molar-refractivity contribution in [3.8, 4) is 0 Å². The second-order valence-corrected chi connectivity index (χ2v) is 4.63. The van der Waals surface area contributed by atoms with Gasteiger partial charge in [0.2, 0.25) is 5.91 Å². The Morgan fingerprint density at radius 3 is 2.93 bits per heavy atom. The first kappa shape index (κ1) is 12.5. The number of hydrogen-bond acceptors (Lipinski definition) is 3. The van der Waals surface area contributed by atoms with Gasteiger partial charge in [-0.05, 0) is 12.8 Å². The zero-order valence-electron chi connectivity index (χ0n) is 9.66. The first-order valence-corrected chi connectivity index (χ1v) is 5.49. The van der Waals surface area contributed by atoms with E-state index in [0.717, 1.165) is 19.4 Å². The third-order valence-corrected chi connectivity index (χ3v) is 3.04. The van der Waals surface area contributed by atoms with Crippen LogP contribution < -0.4 is 0 Å². The lowest BCUT2D eigenvalue weighted by atomic mass is 9.83. The average Bonchev–Trinajstić information content (AvgIpc) is 2.26. The van der Waals surface area contributed by atoms with Gasteiger partial charge < -0.3 is 14.7 Å². The molecular weight excluding hydrogens is 194 g/mol. The van der Waals surface area contributed by atoms with Crippen molar-refractivity contribution in [1.82, 2.24) is 4.90 Å². The Morgan fingerprint density at radius 2 is 2.33 bits per heavy atom.